The fourth-order valence-electron chi connectivity index (χ4n) is 1.56. The normalized spacial score (nSPS) is 11.3. The molecule has 0 radical (unpaired) electrons. The zero-order valence-electron chi connectivity index (χ0n) is 12.0. The third-order valence-electron chi connectivity index (χ3n) is 2.86. The quantitative estimate of drug-likeness (QED) is 0.806. The molecule has 4 heteroatoms. The van der Waals surface area contributed by atoms with Gasteiger partial charge in [0.1, 0.15) is 5.75 Å². The fourth-order valence-corrected chi connectivity index (χ4v) is 1.56. The smallest absolute Gasteiger partial charge is 0.328 e. The summed E-state index contributed by atoms with van der Waals surface area (Å²) in [5, 5.41) is 17.6. The molecule has 0 atom stereocenters. The van der Waals surface area contributed by atoms with Crippen molar-refractivity contribution in [3.05, 3.63) is 35.4 Å². The highest BCUT2D eigenvalue weighted by Crippen LogP contribution is 2.24. The molecule has 0 aliphatic carbocycles. The van der Waals surface area contributed by atoms with E-state index in [4.69, 9.17) is 15.1 Å². The van der Waals surface area contributed by atoms with Crippen molar-refractivity contribution in [3.8, 4) is 11.8 Å². The Morgan fingerprint density at radius 2 is 2.20 bits per heavy atom. The van der Waals surface area contributed by atoms with Gasteiger partial charge in [0.05, 0.1) is 18.1 Å². The maximum Gasteiger partial charge on any atom is 0.328 e. The van der Waals surface area contributed by atoms with E-state index in [0.29, 0.717) is 18.8 Å². The van der Waals surface area contributed by atoms with Gasteiger partial charge in [-0.3, -0.25) is 0 Å². The lowest BCUT2D eigenvalue weighted by Gasteiger charge is -2.16. The monoisotopic (exact) mass is 273 g/mol. The van der Waals surface area contributed by atoms with E-state index in [2.05, 4.69) is 6.07 Å². The predicted molar refractivity (Wildman–Crippen MR) is 77.4 cm³/mol. The molecule has 0 spiro atoms. The predicted octanol–water partition coefficient (Wildman–Crippen LogP) is 3.41. The van der Waals surface area contributed by atoms with Crippen LogP contribution in [-0.2, 0) is 4.79 Å². The first-order valence-electron chi connectivity index (χ1n) is 6.40. The van der Waals surface area contributed by atoms with E-state index >= 15 is 0 Å². The lowest BCUT2D eigenvalue weighted by molar-refractivity contribution is -0.131. The molecule has 4 nitrogen and oxygen atoms in total. The minimum absolute atomic E-state index is 0.414. The molecule has 1 rings (SSSR count). The van der Waals surface area contributed by atoms with Gasteiger partial charge in [0.15, 0.2) is 0 Å². The van der Waals surface area contributed by atoms with E-state index in [0.717, 1.165) is 17.2 Å². The number of hydrogen-bond acceptors (Lipinski definition) is 3. The summed E-state index contributed by atoms with van der Waals surface area (Å²) in [4.78, 5) is 10.6. The van der Waals surface area contributed by atoms with Crippen molar-refractivity contribution in [1.82, 2.24) is 0 Å². The van der Waals surface area contributed by atoms with Crippen molar-refractivity contribution >= 4 is 12.0 Å². The molecule has 0 aliphatic rings. The molecular weight excluding hydrogens is 254 g/mol. The molecule has 20 heavy (non-hydrogen) atoms. The lowest BCUT2D eigenvalue weighted by atomic mass is 9.92. The second-order valence-corrected chi connectivity index (χ2v) is 5.31. The number of hydrogen-bond donors (Lipinski definition) is 1. The van der Waals surface area contributed by atoms with Gasteiger partial charge in [0.2, 0.25) is 0 Å². The van der Waals surface area contributed by atoms with E-state index in [-0.39, 0.29) is 0 Å². The molecule has 0 saturated heterocycles. The van der Waals surface area contributed by atoms with Crippen LogP contribution < -0.4 is 4.74 Å². The van der Waals surface area contributed by atoms with E-state index < -0.39 is 11.4 Å². The first-order chi connectivity index (χ1) is 9.34. The number of aryl methyl sites for hydroxylation is 1. The first kappa shape index (κ1) is 15.8. The Labute approximate surface area is 119 Å². The lowest BCUT2D eigenvalue weighted by Crippen LogP contribution is -2.13. The molecule has 0 unspecified atom stereocenters. The number of carboxylic acid groups (broad SMARTS) is 1. The van der Waals surface area contributed by atoms with Crippen LogP contribution in [0.4, 0.5) is 0 Å². The maximum atomic E-state index is 10.6. The van der Waals surface area contributed by atoms with Crippen molar-refractivity contribution in [2.75, 3.05) is 6.61 Å². The van der Waals surface area contributed by atoms with Crippen LogP contribution in [-0.4, -0.2) is 17.7 Å². The molecule has 0 aromatic heterocycles. The molecule has 1 aromatic carbocycles. The van der Waals surface area contributed by atoms with Crippen LogP contribution >= 0.6 is 0 Å². The Balaban J connectivity index is 2.80. The Morgan fingerprint density at radius 3 is 2.80 bits per heavy atom. The molecule has 0 heterocycles. The third kappa shape index (κ3) is 5.15. The summed E-state index contributed by atoms with van der Waals surface area (Å²) in [6, 6.07) is 7.81. The van der Waals surface area contributed by atoms with Crippen molar-refractivity contribution in [3.63, 3.8) is 0 Å². The molecule has 0 aliphatic heterocycles. The molecular formula is C16H19NO3. The van der Waals surface area contributed by atoms with E-state index in [1.807, 2.05) is 39.0 Å². The van der Waals surface area contributed by atoms with Gasteiger partial charge in [-0.2, -0.15) is 5.26 Å². The van der Waals surface area contributed by atoms with Gasteiger partial charge in [0, 0.05) is 11.6 Å². The van der Waals surface area contributed by atoms with E-state index in [9.17, 15) is 4.79 Å². The standard InChI is InChI=1S/C16H19NO3/c1-12-4-6-14(13(10-12)5-7-15(18)19)20-9-8-16(2,3)11-17/h4-7,10H,8-9H2,1-3H3,(H,18,19). The van der Waals surface area contributed by atoms with Gasteiger partial charge in [-0.25, -0.2) is 4.79 Å². The van der Waals surface area contributed by atoms with Gasteiger partial charge in [0.25, 0.3) is 0 Å². The highest BCUT2D eigenvalue weighted by Gasteiger charge is 2.16. The van der Waals surface area contributed by atoms with Crippen LogP contribution in [0, 0.1) is 23.7 Å². The molecule has 0 amide bonds. The van der Waals surface area contributed by atoms with Crippen LogP contribution in [0.2, 0.25) is 0 Å². The van der Waals surface area contributed by atoms with Gasteiger partial charge in [-0.1, -0.05) is 11.6 Å². The van der Waals surface area contributed by atoms with Crippen molar-refractivity contribution in [1.29, 1.82) is 5.26 Å². The molecule has 0 fully saturated rings. The Hall–Kier alpha value is -2.28. The highest BCUT2D eigenvalue weighted by atomic mass is 16.5. The van der Waals surface area contributed by atoms with Crippen LogP contribution in [0.15, 0.2) is 24.3 Å². The van der Waals surface area contributed by atoms with Crippen LogP contribution in [0.3, 0.4) is 0 Å². The minimum Gasteiger partial charge on any atom is -0.493 e. The number of carbonyl (C=O) groups is 1. The van der Waals surface area contributed by atoms with Gasteiger partial charge in [-0.05, 0) is 45.4 Å². The number of nitriles is 1. The molecule has 1 aromatic rings. The van der Waals surface area contributed by atoms with E-state index in [1.165, 1.54) is 6.08 Å². The Bertz CT molecular complexity index is 553. The molecule has 0 saturated carbocycles. The fraction of sp³-hybridized carbons (Fsp3) is 0.375. The maximum absolute atomic E-state index is 10.6. The average Bonchev–Trinajstić information content (AvgIpc) is 2.38. The van der Waals surface area contributed by atoms with Crippen LogP contribution in [0.1, 0.15) is 31.4 Å². The summed E-state index contributed by atoms with van der Waals surface area (Å²) < 4.78 is 5.67. The molecule has 0 bridgehead atoms. The van der Waals surface area contributed by atoms with Crippen molar-refractivity contribution in [2.24, 2.45) is 5.41 Å². The SMILES string of the molecule is Cc1ccc(OCCC(C)(C)C#N)c(C=CC(=O)O)c1. The molecule has 106 valence electrons. The number of aliphatic carboxylic acids is 1. The van der Waals surface area contributed by atoms with Crippen LogP contribution in [0.25, 0.3) is 6.08 Å². The van der Waals surface area contributed by atoms with E-state index in [1.54, 1.807) is 0 Å². The Morgan fingerprint density at radius 1 is 1.50 bits per heavy atom. The second kappa shape index (κ2) is 6.76. The van der Waals surface area contributed by atoms with Crippen molar-refractivity contribution < 1.29 is 14.6 Å². The average molecular weight is 273 g/mol. The zero-order chi connectivity index (χ0) is 15.2. The summed E-state index contributed by atoms with van der Waals surface area (Å²) in [6.45, 7) is 6.06. The minimum atomic E-state index is -0.997. The van der Waals surface area contributed by atoms with Gasteiger partial charge < -0.3 is 9.84 Å². The van der Waals surface area contributed by atoms with Crippen molar-refractivity contribution in [2.45, 2.75) is 27.2 Å². The van der Waals surface area contributed by atoms with Gasteiger partial charge >= 0.3 is 5.97 Å². The largest absolute Gasteiger partial charge is 0.493 e. The van der Waals surface area contributed by atoms with Gasteiger partial charge in [-0.15, -0.1) is 0 Å². The zero-order valence-corrected chi connectivity index (χ0v) is 12.0. The second-order valence-electron chi connectivity index (χ2n) is 5.31. The number of nitrogens with zero attached hydrogens (tertiary/aromatic N) is 1. The summed E-state index contributed by atoms with van der Waals surface area (Å²) in [7, 11) is 0. The number of ether oxygens (including phenoxy) is 1. The Kier molecular flexibility index (Phi) is 5.33. The molecule has 1 N–H and O–H groups in total. The number of benzene rings is 1. The summed E-state index contributed by atoms with van der Waals surface area (Å²) in [5.41, 5.74) is 1.32. The highest BCUT2D eigenvalue weighted by molar-refractivity contribution is 5.85. The third-order valence-corrected chi connectivity index (χ3v) is 2.86. The van der Waals surface area contributed by atoms with Crippen LogP contribution in [0.5, 0.6) is 5.75 Å². The summed E-state index contributed by atoms with van der Waals surface area (Å²) in [6.07, 6.45) is 3.21. The summed E-state index contributed by atoms with van der Waals surface area (Å²) in [5.74, 6) is -0.370. The summed E-state index contributed by atoms with van der Waals surface area (Å²) >= 11 is 0. The number of rotatable bonds is 6. The topological polar surface area (TPSA) is 70.3 Å². The first-order valence-corrected chi connectivity index (χ1v) is 6.40. The number of carboxylic acids is 1.